The van der Waals surface area contributed by atoms with Crippen LogP contribution in [0.5, 0.6) is 0 Å². The maximum absolute atomic E-state index is 5.89. The molecule has 0 heterocycles. The molecule has 13 heavy (non-hydrogen) atoms. The zero-order chi connectivity index (χ0) is 9.68. The van der Waals surface area contributed by atoms with Crippen LogP contribution in [0.25, 0.3) is 0 Å². The van der Waals surface area contributed by atoms with Crippen LogP contribution in [0.2, 0.25) is 5.02 Å². The van der Waals surface area contributed by atoms with E-state index in [0.717, 1.165) is 35.8 Å². The number of halogens is 1. The van der Waals surface area contributed by atoms with Crippen molar-refractivity contribution in [1.29, 1.82) is 0 Å². The zero-order valence-electron chi connectivity index (χ0n) is 7.81. The Labute approximate surface area is 84.1 Å². The fourth-order valence-corrected chi connectivity index (χ4v) is 1.21. The van der Waals surface area contributed by atoms with Gasteiger partial charge in [0.1, 0.15) is 0 Å². The number of benzene rings is 1. The van der Waals surface area contributed by atoms with E-state index >= 15 is 0 Å². The lowest BCUT2D eigenvalue weighted by atomic mass is 10.2. The number of hydrogen-bond donors (Lipinski definition) is 2. The Kier molecular flexibility index (Phi) is 4.06. The van der Waals surface area contributed by atoms with Crippen LogP contribution < -0.4 is 11.1 Å². The highest BCUT2D eigenvalue weighted by atomic mass is 35.5. The first-order valence-corrected chi connectivity index (χ1v) is 4.82. The van der Waals surface area contributed by atoms with Crippen molar-refractivity contribution in [3.05, 3.63) is 28.8 Å². The molecule has 1 aromatic rings. The van der Waals surface area contributed by atoms with Gasteiger partial charge in [0.05, 0.1) is 0 Å². The molecule has 0 amide bonds. The summed E-state index contributed by atoms with van der Waals surface area (Å²) in [4.78, 5) is 0. The minimum atomic E-state index is 0.722. The van der Waals surface area contributed by atoms with Gasteiger partial charge in [0.25, 0.3) is 0 Å². The molecule has 1 aromatic carbocycles. The number of rotatable bonds is 4. The van der Waals surface area contributed by atoms with Gasteiger partial charge in [-0.25, -0.2) is 0 Å². The number of nitrogens with one attached hydrogen (secondary N) is 1. The summed E-state index contributed by atoms with van der Waals surface area (Å²) < 4.78 is 0. The summed E-state index contributed by atoms with van der Waals surface area (Å²) in [7, 11) is 0. The van der Waals surface area contributed by atoms with Gasteiger partial charge in [-0.2, -0.15) is 0 Å². The molecule has 0 radical (unpaired) electrons. The lowest BCUT2D eigenvalue weighted by Crippen LogP contribution is -2.08. The Balaban J connectivity index is 2.53. The van der Waals surface area contributed by atoms with Crippen LogP contribution in [0, 0.1) is 6.92 Å². The third-order valence-electron chi connectivity index (χ3n) is 1.87. The Hall–Kier alpha value is -0.730. The fraction of sp³-hybridized carbons (Fsp3) is 0.400. The predicted octanol–water partition coefficient (Wildman–Crippen LogP) is 2.41. The number of anilines is 1. The molecule has 0 aliphatic carbocycles. The molecule has 72 valence electrons. The number of aryl methyl sites for hydroxylation is 1. The lowest BCUT2D eigenvalue weighted by molar-refractivity contribution is 0.874. The lowest BCUT2D eigenvalue weighted by Gasteiger charge is -2.06. The standard InChI is InChI=1S/C10H15ClN2/c1-8-7-9(3-4-10(8)11)13-6-2-5-12/h3-4,7,13H,2,5-6,12H2,1H3. The van der Waals surface area contributed by atoms with Crippen molar-refractivity contribution in [1.82, 2.24) is 0 Å². The molecule has 2 nitrogen and oxygen atoms in total. The Morgan fingerprint density at radius 2 is 2.23 bits per heavy atom. The fourth-order valence-electron chi connectivity index (χ4n) is 1.09. The van der Waals surface area contributed by atoms with Crippen molar-refractivity contribution < 1.29 is 0 Å². The summed E-state index contributed by atoms with van der Waals surface area (Å²) >= 11 is 5.89. The monoisotopic (exact) mass is 198 g/mol. The van der Waals surface area contributed by atoms with Crippen LogP contribution in [-0.2, 0) is 0 Å². The minimum Gasteiger partial charge on any atom is -0.385 e. The molecule has 0 saturated carbocycles. The van der Waals surface area contributed by atoms with Gasteiger partial charge < -0.3 is 11.1 Å². The normalized spacial score (nSPS) is 10.1. The highest BCUT2D eigenvalue weighted by Crippen LogP contribution is 2.19. The molecule has 0 aliphatic rings. The van der Waals surface area contributed by atoms with Gasteiger partial charge in [0.2, 0.25) is 0 Å². The van der Waals surface area contributed by atoms with Crippen molar-refractivity contribution in [3.63, 3.8) is 0 Å². The molecule has 0 bridgehead atoms. The van der Waals surface area contributed by atoms with Crippen LogP contribution in [0.4, 0.5) is 5.69 Å². The van der Waals surface area contributed by atoms with Crippen molar-refractivity contribution in [2.24, 2.45) is 5.73 Å². The van der Waals surface area contributed by atoms with Crippen molar-refractivity contribution in [2.45, 2.75) is 13.3 Å². The first-order valence-electron chi connectivity index (χ1n) is 4.44. The largest absolute Gasteiger partial charge is 0.385 e. The summed E-state index contributed by atoms with van der Waals surface area (Å²) in [6.07, 6.45) is 0.988. The van der Waals surface area contributed by atoms with Crippen LogP contribution in [0.1, 0.15) is 12.0 Å². The quantitative estimate of drug-likeness (QED) is 0.730. The molecule has 0 spiro atoms. The molecule has 0 aliphatic heterocycles. The topological polar surface area (TPSA) is 38.0 Å². The van der Waals surface area contributed by atoms with Gasteiger partial charge in [0.15, 0.2) is 0 Å². The van der Waals surface area contributed by atoms with Gasteiger partial charge in [-0.3, -0.25) is 0 Å². The van der Waals surface area contributed by atoms with E-state index in [4.69, 9.17) is 17.3 Å². The van der Waals surface area contributed by atoms with E-state index in [1.807, 2.05) is 25.1 Å². The second-order valence-corrected chi connectivity index (χ2v) is 3.44. The molecule has 0 saturated heterocycles. The van der Waals surface area contributed by atoms with Gasteiger partial charge in [-0.15, -0.1) is 0 Å². The maximum atomic E-state index is 5.89. The Morgan fingerprint density at radius 1 is 1.46 bits per heavy atom. The molecule has 1 rings (SSSR count). The molecule has 0 unspecified atom stereocenters. The summed E-state index contributed by atoms with van der Waals surface area (Å²) in [6.45, 7) is 3.63. The van der Waals surface area contributed by atoms with Crippen LogP contribution in [0.15, 0.2) is 18.2 Å². The summed E-state index contributed by atoms with van der Waals surface area (Å²) in [5.74, 6) is 0. The zero-order valence-corrected chi connectivity index (χ0v) is 8.56. The molecule has 0 atom stereocenters. The second kappa shape index (κ2) is 5.10. The number of nitrogens with two attached hydrogens (primary N) is 1. The van der Waals surface area contributed by atoms with E-state index in [2.05, 4.69) is 5.32 Å². The molecular weight excluding hydrogens is 184 g/mol. The van der Waals surface area contributed by atoms with E-state index in [9.17, 15) is 0 Å². The number of hydrogen-bond acceptors (Lipinski definition) is 2. The average molecular weight is 199 g/mol. The van der Waals surface area contributed by atoms with Crippen molar-refractivity contribution in [2.75, 3.05) is 18.4 Å². The molecule has 0 aromatic heterocycles. The van der Waals surface area contributed by atoms with Gasteiger partial charge in [-0.1, -0.05) is 11.6 Å². The van der Waals surface area contributed by atoms with Crippen LogP contribution >= 0.6 is 11.6 Å². The first kappa shape index (κ1) is 10.4. The predicted molar refractivity (Wildman–Crippen MR) is 58.4 cm³/mol. The molecule has 0 fully saturated rings. The smallest absolute Gasteiger partial charge is 0.0436 e. The second-order valence-electron chi connectivity index (χ2n) is 3.03. The van der Waals surface area contributed by atoms with E-state index in [1.54, 1.807) is 0 Å². The first-order chi connectivity index (χ1) is 6.24. The van der Waals surface area contributed by atoms with Crippen LogP contribution in [0.3, 0.4) is 0 Å². The van der Waals surface area contributed by atoms with Crippen molar-refractivity contribution >= 4 is 17.3 Å². The average Bonchev–Trinajstić information content (AvgIpc) is 2.12. The third kappa shape index (κ3) is 3.25. The van der Waals surface area contributed by atoms with E-state index in [0.29, 0.717) is 0 Å². The summed E-state index contributed by atoms with van der Waals surface area (Å²) in [6, 6.07) is 5.92. The van der Waals surface area contributed by atoms with Gasteiger partial charge >= 0.3 is 0 Å². The molecule has 3 heteroatoms. The third-order valence-corrected chi connectivity index (χ3v) is 2.29. The summed E-state index contributed by atoms with van der Waals surface area (Å²) in [5, 5.41) is 4.08. The molecule has 3 N–H and O–H groups in total. The Morgan fingerprint density at radius 3 is 2.85 bits per heavy atom. The highest BCUT2D eigenvalue weighted by molar-refractivity contribution is 6.31. The van der Waals surface area contributed by atoms with Crippen molar-refractivity contribution in [3.8, 4) is 0 Å². The molecular formula is C10H15ClN2. The van der Waals surface area contributed by atoms with E-state index in [-0.39, 0.29) is 0 Å². The van der Waals surface area contributed by atoms with Crippen LogP contribution in [-0.4, -0.2) is 13.1 Å². The minimum absolute atomic E-state index is 0.722. The van der Waals surface area contributed by atoms with Gasteiger partial charge in [-0.05, 0) is 43.7 Å². The Bertz CT molecular complexity index is 274. The summed E-state index contributed by atoms with van der Waals surface area (Å²) in [5.41, 5.74) is 7.59. The van der Waals surface area contributed by atoms with E-state index in [1.165, 1.54) is 0 Å². The van der Waals surface area contributed by atoms with E-state index < -0.39 is 0 Å². The SMILES string of the molecule is Cc1cc(NCCCN)ccc1Cl. The maximum Gasteiger partial charge on any atom is 0.0436 e. The highest BCUT2D eigenvalue weighted by Gasteiger charge is 1.95. The van der Waals surface area contributed by atoms with Gasteiger partial charge in [0, 0.05) is 17.3 Å².